The van der Waals surface area contributed by atoms with E-state index in [0.29, 0.717) is 28.6 Å². The normalized spacial score (nSPS) is 19.8. The van der Waals surface area contributed by atoms with E-state index in [4.69, 9.17) is 4.74 Å². The number of hydrogen-bond acceptors (Lipinski definition) is 6. The van der Waals surface area contributed by atoms with Crippen LogP contribution in [0.15, 0.2) is 36.5 Å². The summed E-state index contributed by atoms with van der Waals surface area (Å²) in [6, 6.07) is 9.32. The highest BCUT2D eigenvalue weighted by Crippen LogP contribution is 2.42. The number of aryl methyl sites for hydroxylation is 1. The molecule has 7 heteroatoms. The maximum Gasteiger partial charge on any atom is 0.318 e. The van der Waals surface area contributed by atoms with E-state index in [1.165, 1.54) is 26.4 Å². The number of benzene rings is 2. The summed E-state index contributed by atoms with van der Waals surface area (Å²) in [7, 11) is 1.50. The van der Waals surface area contributed by atoms with E-state index < -0.39 is 5.82 Å². The van der Waals surface area contributed by atoms with Crippen molar-refractivity contribution in [3.05, 3.63) is 47.9 Å². The Morgan fingerprint density at radius 2 is 1.94 bits per heavy atom. The van der Waals surface area contributed by atoms with E-state index in [2.05, 4.69) is 26.8 Å². The second-order valence-corrected chi connectivity index (χ2v) is 9.44. The number of pyridine rings is 1. The molecule has 6 rings (SSSR count). The number of halogens is 1. The lowest BCUT2D eigenvalue weighted by Gasteiger charge is -2.21. The van der Waals surface area contributed by atoms with Crippen LogP contribution in [0.5, 0.6) is 11.8 Å². The molecule has 1 aliphatic carbocycles. The van der Waals surface area contributed by atoms with E-state index in [-0.39, 0.29) is 23.0 Å². The van der Waals surface area contributed by atoms with Crippen LogP contribution in [0, 0.1) is 17.7 Å². The van der Waals surface area contributed by atoms with Gasteiger partial charge in [-0.25, -0.2) is 4.39 Å². The molecule has 0 radical (unpaired) electrons. The number of phenols is 1. The van der Waals surface area contributed by atoms with Crippen LogP contribution >= 0.6 is 0 Å². The number of ether oxygens (including phenoxy) is 1. The van der Waals surface area contributed by atoms with Gasteiger partial charge in [0.2, 0.25) is 0 Å². The lowest BCUT2D eigenvalue weighted by atomic mass is 9.95. The molecule has 2 fully saturated rings. The standard InChI is InChI=1S/C27H27FN4O2/c1-3-15-6-4-7-16-10-19(33)11-20(22(15)16)24-23(28)25-21(12-29-24)26(31-27(30-25)34-2)32-13-17-8-5-9-18(17)14-32/h4,6-7,10-12,17-18,33H,3,5,8-9,13-14H2,1-2H3. The molecule has 3 heterocycles. The third kappa shape index (κ3) is 3.25. The van der Waals surface area contributed by atoms with Crippen molar-refractivity contribution in [2.24, 2.45) is 11.8 Å². The summed E-state index contributed by atoms with van der Waals surface area (Å²) in [5.41, 5.74) is 1.98. The summed E-state index contributed by atoms with van der Waals surface area (Å²) < 4.78 is 21.5. The van der Waals surface area contributed by atoms with E-state index in [1.807, 2.05) is 18.2 Å². The maximum atomic E-state index is 16.2. The van der Waals surface area contributed by atoms with Crippen LogP contribution in [0.25, 0.3) is 32.9 Å². The molecular weight excluding hydrogens is 431 g/mol. The molecule has 6 nitrogen and oxygen atoms in total. The third-order valence-electron chi connectivity index (χ3n) is 7.54. The van der Waals surface area contributed by atoms with Crippen molar-refractivity contribution >= 4 is 27.5 Å². The molecule has 2 aromatic carbocycles. The van der Waals surface area contributed by atoms with Gasteiger partial charge < -0.3 is 14.7 Å². The van der Waals surface area contributed by atoms with Crippen molar-refractivity contribution in [3.63, 3.8) is 0 Å². The molecule has 0 bridgehead atoms. The zero-order valence-electron chi connectivity index (χ0n) is 19.4. The van der Waals surface area contributed by atoms with Gasteiger partial charge in [0.15, 0.2) is 5.82 Å². The van der Waals surface area contributed by atoms with Gasteiger partial charge in [0, 0.05) is 24.8 Å². The Morgan fingerprint density at radius 3 is 2.68 bits per heavy atom. The molecule has 2 aliphatic rings. The van der Waals surface area contributed by atoms with Gasteiger partial charge in [-0.3, -0.25) is 4.98 Å². The van der Waals surface area contributed by atoms with Crippen molar-refractivity contribution in [1.29, 1.82) is 0 Å². The summed E-state index contributed by atoms with van der Waals surface area (Å²) in [6.07, 6.45) is 6.21. The maximum absolute atomic E-state index is 16.2. The highest BCUT2D eigenvalue weighted by molar-refractivity contribution is 6.01. The first-order valence-electron chi connectivity index (χ1n) is 12.0. The Hall–Kier alpha value is -3.48. The summed E-state index contributed by atoms with van der Waals surface area (Å²) in [4.78, 5) is 15.8. The topological polar surface area (TPSA) is 71.4 Å². The number of methoxy groups -OCH3 is 1. The lowest BCUT2D eigenvalue weighted by molar-refractivity contribution is 0.381. The van der Waals surface area contributed by atoms with Gasteiger partial charge in [-0.15, -0.1) is 0 Å². The Labute approximate surface area is 197 Å². The zero-order valence-corrected chi connectivity index (χ0v) is 19.4. The van der Waals surface area contributed by atoms with Crippen molar-refractivity contribution in [2.75, 3.05) is 25.1 Å². The number of rotatable bonds is 4. The molecular formula is C27H27FN4O2. The number of anilines is 1. The molecule has 2 aromatic heterocycles. The molecule has 2 atom stereocenters. The Morgan fingerprint density at radius 1 is 1.15 bits per heavy atom. The lowest BCUT2D eigenvalue weighted by Crippen LogP contribution is -2.22. The Balaban J connectivity index is 1.56. The van der Waals surface area contributed by atoms with Crippen molar-refractivity contribution < 1.29 is 14.2 Å². The Bertz CT molecular complexity index is 1410. The van der Waals surface area contributed by atoms with Crippen LogP contribution in [-0.2, 0) is 6.42 Å². The molecule has 1 saturated carbocycles. The number of phenolic OH excluding ortho intramolecular Hbond substituents is 1. The van der Waals surface area contributed by atoms with Gasteiger partial charge in [0.1, 0.15) is 22.8 Å². The van der Waals surface area contributed by atoms with Crippen LogP contribution in [-0.4, -0.2) is 40.3 Å². The summed E-state index contributed by atoms with van der Waals surface area (Å²) in [5.74, 6) is 1.56. The van der Waals surface area contributed by atoms with E-state index in [9.17, 15) is 5.11 Å². The fraction of sp³-hybridized carbons (Fsp3) is 0.370. The average molecular weight is 459 g/mol. The number of aromatic nitrogens is 3. The largest absolute Gasteiger partial charge is 0.508 e. The van der Waals surface area contributed by atoms with Gasteiger partial charge >= 0.3 is 6.01 Å². The molecule has 1 saturated heterocycles. The fourth-order valence-electron chi connectivity index (χ4n) is 5.92. The van der Waals surface area contributed by atoms with Crippen LogP contribution in [0.2, 0.25) is 0 Å². The SMILES string of the molecule is CCc1cccc2cc(O)cc(-c3ncc4c(N5CC6CCCC6C5)nc(OC)nc4c3F)c12. The Kier molecular flexibility index (Phi) is 5.01. The van der Waals surface area contributed by atoms with Crippen LogP contribution in [0.3, 0.4) is 0 Å². The minimum atomic E-state index is -0.531. The predicted molar refractivity (Wildman–Crippen MR) is 131 cm³/mol. The number of hydrogen-bond donors (Lipinski definition) is 1. The number of nitrogens with zero attached hydrogens (tertiary/aromatic N) is 4. The molecule has 0 spiro atoms. The first kappa shape index (κ1) is 21.1. The number of aromatic hydroxyl groups is 1. The molecule has 34 heavy (non-hydrogen) atoms. The molecule has 0 amide bonds. The monoisotopic (exact) mass is 458 g/mol. The number of fused-ring (bicyclic) bond motifs is 3. The van der Waals surface area contributed by atoms with Crippen molar-refractivity contribution in [3.8, 4) is 23.0 Å². The van der Waals surface area contributed by atoms with E-state index in [1.54, 1.807) is 18.3 Å². The second kappa shape index (κ2) is 8.08. The summed E-state index contributed by atoms with van der Waals surface area (Å²) >= 11 is 0. The van der Waals surface area contributed by atoms with Gasteiger partial charge in [-0.1, -0.05) is 31.5 Å². The summed E-state index contributed by atoms with van der Waals surface area (Å²) in [6.45, 7) is 3.89. The van der Waals surface area contributed by atoms with Gasteiger partial charge in [-0.05, 0) is 59.6 Å². The highest BCUT2D eigenvalue weighted by Gasteiger charge is 2.37. The van der Waals surface area contributed by atoms with Crippen molar-refractivity contribution in [1.82, 2.24) is 15.0 Å². The minimum absolute atomic E-state index is 0.0709. The fourth-order valence-corrected chi connectivity index (χ4v) is 5.92. The summed E-state index contributed by atoms with van der Waals surface area (Å²) in [5, 5.41) is 12.7. The highest BCUT2D eigenvalue weighted by atomic mass is 19.1. The average Bonchev–Trinajstić information content (AvgIpc) is 3.45. The van der Waals surface area contributed by atoms with Crippen molar-refractivity contribution in [2.45, 2.75) is 32.6 Å². The van der Waals surface area contributed by atoms with Gasteiger partial charge in [0.25, 0.3) is 0 Å². The first-order valence-corrected chi connectivity index (χ1v) is 12.0. The van der Waals surface area contributed by atoms with E-state index in [0.717, 1.165) is 35.8 Å². The smallest absolute Gasteiger partial charge is 0.318 e. The second-order valence-electron chi connectivity index (χ2n) is 9.44. The van der Waals surface area contributed by atoms with Crippen LogP contribution < -0.4 is 9.64 Å². The molecule has 1 aliphatic heterocycles. The zero-order chi connectivity index (χ0) is 23.4. The van der Waals surface area contributed by atoms with Gasteiger partial charge in [-0.2, -0.15) is 9.97 Å². The molecule has 4 aromatic rings. The molecule has 174 valence electrons. The van der Waals surface area contributed by atoms with E-state index >= 15 is 4.39 Å². The first-order chi connectivity index (χ1) is 16.6. The van der Waals surface area contributed by atoms with Gasteiger partial charge in [0.05, 0.1) is 12.5 Å². The van der Waals surface area contributed by atoms with Crippen LogP contribution in [0.1, 0.15) is 31.7 Å². The molecule has 1 N–H and O–H groups in total. The predicted octanol–water partition coefficient (Wildman–Crippen LogP) is 5.50. The third-order valence-corrected chi connectivity index (χ3v) is 7.54. The minimum Gasteiger partial charge on any atom is -0.508 e. The quantitative estimate of drug-likeness (QED) is 0.436. The van der Waals surface area contributed by atoms with Crippen LogP contribution in [0.4, 0.5) is 10.2 Å². The molecule has 2 unspecified atom stereocenters.